The minimum atomic E-state index is -0.533. The van der Waals surface area contributed by atoms with Crippen LogP contribution in [-0.4, -0.2) is 26.0 Å². The number of para-hydroxylation sites is 1. The Morgan fingerprint density at radius 1 is 0.875 bits per heavy atom. The zero-order chi connectivity index (χ0) is 22.7. The Labute approximate surface area is 192 Å². The molecule has 0 unspecified atom stereocenters. The van der Waals surface area contributed by atoms with Gasteiger partial charge in [0.15, 0.2) is 0 Å². The van der Waals surface area contributed by atoms with Crippen molar-refractivity contribution in [3.05, 3.63) is 82.5 Å². The van der Waals surface area contributed by atoms with Gasteiger partial charge in [-0.1, -0.05) is 34.1 Å². The first kappa shape index (κ1) is 21.5. The molecule has 1 heterocycles. The molecular formula is C24H19BrN2O5. The van der Waals surface area contributed by atoms with Gasteiger partial charge in [0, 0.05) is 21.5 Å². The van der Waals surface area contributed by atoms with Crippen LogP contribution in [-0.2, 0) is 0 Å². The first-order valence-corrected chi connectivity index (χ1v) is 10.4. The van der Waals surface area contributed by atoms with Crippen LogP contribution in [0, 0.1) is 0 Å². The summed E-state index contributed by atoms with van der Waals surface area (Å²) in [7, 11) is 3.04. The zero-order valence-electron chi connectivity index (χ0n) is 17.3. The normalized spacial score (nSPS) is 10.6. The van der Waals surface area contributed by atoms with E-state index in [4.69, 9.17) is 13.9 Å². The van der Waals surface area contributed by atoms with E-state index < -0.39 is 5.91 Å². The monoisotopic (exact) mass is 494 g/mol. The highest BCUT2D eigenvalue weighted by molar-refractivity contribution is 9.10. The maximum absolute atomic E-state index is 13.1. The average molecular weight is 495 g/mol. The van der Waals surface area contributed by atoms with E-state index in [9.17, 15) is 9.59 Å². The molecule has 0 aliphatic heterocycles. The lowest BCUT2D eigenvalue weighted by molar-refractivity contribution is 0.0999. The van der Waals surface area contributed by atoms with Gasteiger partial charge in [-0.3, -0.25) is 9.59 Å². The molecule has 7 nitrogen and oxygen atoms in total. The molecule has 0 radical (unpaired) electrons. The molecule has 162 valence electrons. The number of amides is 2. The lowest BCUT2D eigenvalue weighted by atomic mass is 10.1. The van der Waals surface area contributed by atoms with E-state index in [-0.39, 0.29) is 17.4 Å². The number of methoxy groups -OCH3 is 2. The number of furan rings is 1. The third-order valence-corrected chi connectivity index (χ3v) is 5.28. The van der Waals surface area contributed by atoms with Crippen molar-refractivity contribution in [3.63, 3.8) is 0 Å². The summed E-state index contributed by atoms with van der Waals surface area (Å²) in [6.07, 6.45) is 0. The summed E-state index contributed by atoms with van der Waals surface area (Å²) in [5.41, 5.74) is 1.63. The van der Waals surface area contributed by atoms with E-state index in [1.165, 1.54) is 7.11 Å². The smallest absolute Gasteiger partial charge is 0.293 e. The maximum Gasteiger partial charge on any atom is 0.293 e. The molecule has 4 rings (SSSR count). The Hall–Kier alpha value is -3.78. The molecule has 32 heavy (non-hydrogen) atoms. The molecule has 0 spiro atoms. The number of benzene rings is 3. The molecular weight excluding hydrogens is 476 g/mol. The zero-order valence-corrected chi connectivity index (χ0v) is 18.9. The van der Waals surface area contributed by atoms with Crippen LogP contribution < -0.4 is 20.1 Å². The number of fused-ring (bicyclic) bond motifs is 1. The molecule has 0 aliphatic carbocycles. The molecule has 8 heteroatoms. The molecule has 0 bridgehead atoms. The van der Waals surface area contributed by atoms with Crippen LogP contribution in [0.5, 0.6) is 11.5 Å². The number of halogens is 1. The van der Waals surface area contributed by atoms with Gasteiger partial charge in [-0.25, -0.2) is 0 Å². The van der Waals surface area contributed by atoms with Crippen molar-refractivity contribution >= 4 is 50.1 Å². The fraction of sp³-hybridized carbons (Fsp3) is 0.0833. The summed E-state index contributed by atoms with van der Waals surface area (Å²) in [5, 5.41) is 6.22. The van der Waals surface area contributed by atoms with Gasteiger partial charge in [-0.05, 0) is 42.5 Å². The molecule has 4 aromatic rings. The van der Waals surface area contributed by atoms with E-state index in [1.807, 2.05) is 6.07 Å². The highest BCUT2D eigenvalue weighted by Crippen LogP contribution is 2.34. The van der Waals surface area contributed by atoms with Crippen LogP contribution in [0.25, 0.3) is 11.0 Å². The van der Waals surface area contributed by atoms with Crippen molar-refractivity contribution in [2.24, 2.45) is 0 Å². The molecule has 0 fully saturated rings. The minimum absolute atomic E-state index is 0.0209. The molecule has 0 atom stereocenters. The van der Waals surface area contributed by atoms with Crippen molar-refractivity contribution in [3.8, 4) is 11.5 Å². The second kappa shape index (κ2) is 9.15. The number of anilines is 2. The van der Waals surface area contributed by atoms with Crippen LogP contribution in [0.1, 0.15) is 20.9 Å². The predicted octanol–water partition coefficient (Wildman–Crippen LogP) is 5.72. The third-order valence-electron chi connectivity index (χ3n) is 4.78. The van der Waals surface area contributed by atoms with Crippen molar-refractivity contribution in [1.29, 1.82) is 0 Å². The van der Waals surface area contributed by atoms with E-state index in [1.54, 1.807) is 67.8 Å². The molecule has 1 aromatic heterocycles. The van der Waals surface area contributed by atoms with Crippen LogP contribution >= 0.6 is 15.9 Å². The van der Waals surface area contributed by atoms with E-state index >= 15 is 0 Å². The SMILES string of the molecule is COc1ccc(NC(=O)c2oc3ccccc3c2NC(=O)c2cccc(Br)c2)c(OC)c1. The van der Waals surface area contributed by atoms with E-state index in [0.717, 1.165) is 4.47 Å². The van der Waals surface area contributed by atoms with Gasteiger partial charge in [0.1, 0.15) is 22.8 Å². The second-order valence-corrected chi connectivity index (χ2v) is 7.70. The fourth-order valence-electron chi connectivity index (χ4n) is 3.23. The van der Waals surface area contributed by atoms with Crippen LogP contribution in [0.3, 0.4) is 0 Å². The summed E-state index contributed by atoms with van der Waals surface area (Å²) in [6.45, 7) is 0. The Balaban J connectivity index is 1.70. The quantitative estimate of drug-likeness (QED) is 0.357. The largest absolute Gasteiger partial charge is 0.497 e. The summed E-state index contributed by atoms with van der Waals surface area (Å²) < 4.78 is 17.1. The van der Waals surface area contributed by atoms with Gasteiger partial charge < -0.3 is 24.5 Å². The number of nitrogens with one attached hydrogen (secondary N) is 2. The lowest BCUT2D eigenvalue weighted by Crippen LogP contribution is -2.17. The van der Waals surface area contributed by atoms with Gasteiger partial charge in [0.05, 0.1) is 19.9 Å². The number of carbonyl (C=O) groups is 2. The average Bonchev–Trinajstić information content (AvgIpc) is 3.17. The van der Waals surface area contributed by atoms with Crippen molar-refractivity contribution in [2.45, 2.75) is 0 Å². The Bertz CT molecular complexity index is 1310. The molecule has 2 N–H and O–H groups in total. The molecule has 0 aliphatic rings. The van der Waals surface area contributed by atoms with E-state index in [0.29, 0.717) is 33.7 Å². The first-order valence-electron chi connectivity index (χ1n) is 9.62. The predicted molar refractivity (Wildman–Crippen MR) is 126 cm³/mol. The van der Waals surface area contributed by atoms with Crippen molar-refractivity contribution < 1.29 is 23.5 Å². The first-order chi connectivity index (χ1) is 15.5. The number of hydrogen-bond acceptors (Lipinski definition) is 5. The van der Waals surface area contributed by atoms with Gasteiger partial charge >= 0.3 is 0 Å². The molecule has 0 saturated carbocycles. The van der Waals surface area contributed by atoms with Gasteiger partial charge in [-0.15, -0.1) is 0 Å². The Kier molecular flexibility index (Phi) is 6.13. The highest BCUT2D eigenvalue weighted by atomic mass is 79.9. The Morgan fingerprint density at radius 3 is 2.44 bits per heavy atom. The molecule has 3 aromatic carbocycles. The minimum Gasteiger partial charge on any atom is -0.497 e. The molecule has 2 amide bonds. The topological polar surface area (TPSA) is 89.8 Å². The summed E-state index contributed by atoms with van der Waals surface area (Å²) in [6, 6.07) is 19.1. The van der Waals surface area contributed by atoms with E-state index in [2.05, 4.69) is 26.6 Å². The highest BCUT2D eigenvalue weighted by Gasteiger charge is 2.24. The maximum atomic E-state index is 13.1. The standard InChI is InChI=1S/C24H19BrN2O5/c1-30-16-10-11-18(20(13-16)31-2)26-24(29)22-21(17-8-3-4-9-19(17)32-22)27-23(28)14-6-5-7-15(25)12-14/h3-13H,1-2H3,(H,26,29)(H,27,28). The number of ether oxygens (including phenoxy) is 2. The van der Waals surface area contributed by atoms with Crippen LogP contribution in [0.4, 0.5) is 11.4 Å². The second-order valence-electron chi connectivity index (χ2n) is 6.79. The summed E-state index contributed by atoms with van der Waals surface area (Å²) in [4.78, 5) is 26.0. The number of rotatable bonds is 6. The third kappa shape index (κ3) is 4.31. The summed E-state index contributed by atoms with van der Waals surface area (Å²) in [5.74, 6) is 0.0923. The number of hydrogen-bond donors (Lipinski definition) is 2. The van der Waals surface area contributed by atoms with Crippen LogP contribution in [0.2, 0.25) is 0 Å². The van der Waals surface area contributed by atoms with Crippen molar-refractivity contribution in [1.82, 2.24) is 0 Å². The number of carbonyl (C=O) groups excluding carboxylic acids is 2. The molecule has 0 saturated heterocycles. The fourth-order valence-corrected chi connectivity index (χ4v) is 3.62. The lowest BCUT2D eigenvalue weighted by Gasteiger charge is -2.12. The Morgan fingerprint density at radius 2 is 1.69 bits per heavy atom. The van der Waals surface area contributed by atoms with Crippen molar-refractivity contribution in [2.75, 3.05) is 24.9 Å². The van der Waals surface area contributed by atoms with Gasteiger partial charge in [-0.2, -0.15) is 0 Å². The van der Waals surface area contributed by atoms with Crippen LogP contribution in [0.15, 0.2) is 75.6 Å². The van der Waals surface area contributed by atoms with Gasteiger partial charge in [0.25, 0.3) is 11.8 Å². The summed E-state index contributed by atoms with van der Waals surface area (Å²) >= 11 is 3.36. The van der Waals surface area contributed by atoms with Gasteiger partial charge in [0.2, 0.25) is 5.76 Å².